The number of ether oxygens (including phenoxy) is 3. The zero-order valence-electron chi connectivity index (χ0n) is 28.3. The highest BCUT2D eigenvalue weighted by Crippen LogP contribution is 2.44. The van der Waals surface area contributed by atoms with Gasteiger partial charge in [-0.05, 0) is 77.7 Å². The molecule has 1 atom stereocenters. The van der Waals surface area contributed by atoms with E-state index in [9.17, 15) is 9.18 Å². The van der Waals surface area contributed by atoms with Crippen molar-refractivity contribution >= 4 is 11.7 Å². The number of likely N-dealkylation sites (N-methyl/N-ethyl adjacent to an activating group) is 1. The summed E-state index contributed by atoms with van der Waals surface area (Å²) in [6.07, 6.45) is 4.52. The van der Waals surface area contributed by atoms with Gasteiger partial charge in [-0.3, -0.25) is 9.69 Å². The van der Waals surface area contributed by atoms with Crippen molar-refractivity contribution in [3.05, 3.63) is 35.9 Å². The van der Waals surface area contributed by atoms with Crippen LogP contribution in [0.3, 0.4) is 0 Å². The highest BCUT2D eigenvalue weighted by molar-refractivity contribution is 5.97. The number of amides is 1. The average molecular weight is 630 g/mol. The maximum absolute atomic E-state index is 14.3. The maximum atomic E-state index is 14.3. The van der Waals surface area contributed by atoms with E-state index in [0.717, 1.165) is 58.5 Å². The molecule has 0 saturated carbocycles. The molecule has 0 N–H and O–H groups in total. The Morgan fingerprint density at radius 3 is 2.51 bits per heavy atom. The van der Waals surface area contributed by atoms with Gasteiger partial charge in [0, 0.05) is 71.0 Å². The van der Waals surface area contributed by atoms with Gasteiger partial charge in [0.25, 0.3) is 11.8 Å². The second kappa shape index (κ2) is 15.6. The topological polar surface area (TPSA) is 96.4 Å². The van der Waals surface area contributed by atoms with Crippen LogP contribution in [0.4, 0.5) is 10.2 Å². The number of aromatic nitrogens is 3. The molecule has 4 rings (SSSR count). The Labute approximate surface area is 268 Å². The summed E-state index contributed by atoms with van der Waals surface area (Å²) in [7, 11) is 5.46. The van der Waals surface area contributed by atoms with Crippen LogP contribution < -0.4 is 9.64 Å². The molecule has 2 aliphatic heterocycles. The highest BCUT2D eigenvalue weighted by Gasteiger charge is 2.50. The fourth-order valence-electron chi connectivity index (χ4n) is 6.82. The summed E-state index contributed by atoms with van der Waals surface area (Å²) in [5, 5.41) is 8.22. The van der Waals surface area contributed by atoms with Crippen LogP contribution in [0.25, 0.3) is 0 Å². The van der Waals surface area contributed by atoms with E-state index in [0.29, 0.717) is 24.3 Å². The number of benzene rings is 1. The molecule has 12 heteroatoms. The number of hydrogen-bond acceptors (Lipinski definition) is 10. The number of carbonyl (C=O) groups excluding carboxylic acids is 1. The van der Waals surface area contributed by atoms with Gasteiger partial charge in [-0.25, -0.2) is 9.37 Å². The molecule has 1 spiro atoms. The number of methoxy groups -OCH3 is 2. The molecular formula is C33H52FN7O4. The Morgan fingerprint density at radius 1 is 1.13 bits per heavy atom. The molecular weight excluding hydrogens is 577 g/mol. The molecule has 45 heavy (non-hydrogen) atoms. The van der Waals surface area contributed by atoms with E-state index in [2.05, 4.69) is 50.8 Å². The molecule has 1 aromatic heterocycles. The summed E-state index contributed by atoms with van der Waals surface area (Å²) in [5.74, 6) is 0.805. The summed E-state index contributed by atoms with van der Waals surface area (Å²) in [6.45, 7) is 16.4. The minimum absolute atomic E-state index is 0.0450. The summed E-state index contributed by atoms with van der Waals surface area (Å²) < 4.78 is 31.2. The van der Waals surface area contributed by atoms with E-state index < -0.39 is 5.82 Å². The van der Waals surface area contributed by atoms with Crippen molar-refractivity contribution in [3.63, 3.8) is 0 Å². The summed E-state index contributed by atoms with van der Waals surface area (Å²) in [6, 6.07) is 4.47. The number of likely N-dealkylation sites (tertiary alicyclic amines) is 1. The molecule has 1 unspecified atom stereocenters. The third-order valence-electron chi connectivity index (χ3n) is 9.25. The van der Waals surface area contributed by atoms with Crippen molar-refractivity contribution in [2.75, 3.05) is 72.0 Å². The van der Waals surface area contributed by atoms with Crippen LogP contribution in [0.15, 0.2) is 24.5 Å². The number of halogens is 1. The van der Waals surface area contributed by atoms with Crippen LogP contribution in [0.1, 0.15) is 64.2 Å². The van der Waals surface area contributed by atoms with E-state index in [4.69, 9.17) is 14.2 Å². The molecule has 0 bridgehead atoms. The molecule has 2 saturated heterocycles. The number of rotatable bonds is 16. The second-order valence-electron chi connectivity index (χ2n) is 13.2. The Balaban J connectivity index is 1.39. The fraction of sp³-hybridized carbons (Fsp3) is 0.697. The van der Waals surface area contributed by atoms with Gasteiger partial charge in [-0.1, -0.05) is 13.8 Å². The van der Waals surface area contributed by atoms with E-state index >= 15 is 0 Å². The quantitative estimate of drug-likeness (QED) is 0.246. The van der Waals surface area contributed by atoms with Crippen LogP contribution in [-0.4, -0.2) is 121 Å². The van der Waals surface area contributed by atoms with Gasteiger partial charge < -0.3 is 28.9 Å². The lowest BCUT2D eigenvalue weighted by atomic mass is 9.76. The summed E-state index contributed by atoms with van der Waals surface area (Å²) in [4.78, 5) is 26.7. The fourth-order valence-corrected chi connectivity index (χ4v) is 6.82. The third-order valence-corrected chi connectivity index (χ3v) is 9.25. The van der Waals surface area contributed by atoms with Gasteiger partial charge in [0.2, 0.25) is 0 Å². The van der Waals surface area contributed by atoms with Crippen molar-refractivity contribution in [2.45, 2.75) is 72.3 Å². The van der Waals surface area contributed by atoms with Crippen LogP contribution >= 0.6 is 0 Å². The Kier molecular flexibility index (Phi) is 12.1. The lowest BCUT2D eigenvalue weighted by Crippen LogP contribution is -2.62. The molecule has 2 aliphatic rings. The number of hydrogen-bond donors (Lipinski definition) is 0. The molecule has 1 amide bonds. The number of carbonyl (C=O) groups is 1. The largest absolute Gasteiger partial charge is 0.434 e. The Morgan fingerprint density at radius 2 is 1.87 bits per heavy atom. The first-order valence-corrected chi connectivity index (χ1v) is 16.2. The molecule has 3 heterocycles. The van der Waals surface area contributed by atoms with Crippen molar-refractivity contribution in [1.82, 2.24) is 29.9 Å². The molecule has 0 aliphatic carbocycles. The average Bonchev–Trinajstić information content (AvgIpc) is 3.44. The van der Waals surface area contributed by atoms with Crippen LogP contribution in [0, 0.1) is 17.2 Å². The first-order valence-electron chi connectivity index (χ1n) is 16.2. The van der Waals surface area contributed by atoms with Crippen LogP contribution in [-0.2, 0) is 9.47 Å². The van der Waals surface area contributed by atoms with Crippen molar-refractivity contribution < 1.29 is 23.4 Å². The molecule has 2 fully saturated rings. The van der Waals surface area contributed by atoms with E-state index in [1.807, 2.05) is 20.8 Å². The SMILES string of the molecule is CCN(C(=O)c1cc(F)ccc1Oc1nncnc1N1CCC2(C1)CN(C(CCCN(C)CC(OC)OC)C(C)C)C2)C(C)C. The molecule has 2 aromatic rings. The number of nitrogens with zero attached hydrogens (tertiary/aromatic N) is 7. The summed E-state index contributed by atoms with van der Waals surface area (Å²) >= 11 is 0. The predicted octanol–water partition coefficient (Wildman–Crippen LogP) is 4.54. The van der Waals surface area contributed by atoms with E-state index in [1.165, 1.54) is 24.5 Å². The van der Waals surface area contributed by atoms with Crippen molar-refractivity contribution in [1.29, 1.82) is 0 Å². The van der Waals surface area contributed by atoms with Gasteiger partial charge in [-0.2, -0.15) is 0 Å². The smallest absolute Gasteiger partial charge is 0.282 e. The molecule has 0 radical (unpaired) electrons. The summed E-state index contributed by atoms with van der Waals surface area (Å²) in [5.41, 5.74) is 0.337. The zero-order valence-corrected chi connectivity index (χ0v) is 28.3. The van der Waals surface area contributed by atoms with E-state index in [1.54, 1.807) is 19.1 Å². The normalized spacial score (nSPS) is 17.1. The Hall–Kier alpha value is -2.93. The first-order chi connectivity index (χ1) is 21.5. The molecule has 11 nitrogen and oxygen atoms in total. The van der Waals surface area contributed by atoms with Gasteiger partial charge in [0.1, 0.15) is 17.9 Å². The van der Waals surface area contributed by atoms with Gasteiger partial charge >= 0.3 is 0 Å². The van der Waals surface area contributed by atoms with Crippen molar-refractivity contribution in [3.8, 4) is 11.6 Å². The van der Waals surface area contributed by atoms with Gasteiger partial charge in [-0.15, -0.1) is 10.2 Å². The predicted molar refractivity (Wildman–Crippen MR) is 172 cm³/mol. The first kappa shape index (κ1) is 34.9. The van der Waals surface area contributed by atoms with Gasteiger partial charge in [0.05, 0.1) is 5.56 Å². The van der Waals surface area contributed by atoms with Crippen LogP contribution in [0.5, 0.6) is 11.6 Å². The van der Waals surface area contributed by atoms with Crippen molar-refractivity contribution in [2.24, 2.45) is 11.3 Å². The minimum Gasteiger partial charge on any atom is -0.434 e. The minimum atomic E-state index is -0.503. The molecule has 1 aromatic carbocycles. The lowest BCUT2D eigenvalue weighted by molar-refractivity contribution is -0.113. The second-order valence-corrected chi connectivity index (χ2v) is 13.2. The third kappa shape index (κ3) is 8.46. The Bertz CT molecular complexity index is 1260. The number of anilines is 1. The highest BCUT2D eigenvalue weighted by atomic mass is 19.1. The van der Waals surface area contributed by atoms with E-state index in [-0.39, 0.29) is 40.8 Å². The lowest BCUT2D eigenvalue weighted by Gasteiger charge is -2.53. The molecule has 250 valence electrons. The monoisotopic (exact) mass is 629 g/mol. The zero-order chi connectivity index (χ0) is 32.7. The van der Waals surface area contributed by atoms with Gasteiger partial charge in [0.15, 0.2) is 12.1 Å². The standard InChI is InChI=1S/C33H52FN7O4/c1-9-41(24(4)5)32(42)26-17-25(34)12-13-28(26)45-31-30(35-22-36-37-31)39-16-14-33(19-39)20-40(21-33)27(23(2)3)11-10-15-38(6)18-29(43-7)44-8/h12-13,17,22-24,27,29H,9-11,14-16,18-21H2,1-8H3. The maximum Gasteiger partial charge on any atom is 0.282 e. The van der Waals surface area contributed by atoms with Crippen LogP contribution in [0.2, 0.25) is 0 Å².